The second-order valence-corrected chi connectivity index (χ2v) is 5.68. The van der Waals surface area contributed by atoms with Gasteiger partial charge in [0, 0.05) is 6.20 Å². The number of aliphatic carboxylic acids is 1. The predicted octanol–water partition coefficient (Wildman–Crippen LogP) is 3.08. The average Bonchev–Trinajstić information content (AvgIpc) is 2.37. The van der Waals surface area contributed by atoms with Gasteiger partial charge in [0.05, 0.1) is 0 Å². The van der Waals surface area contributed by atoms with E-state index < -0.39 is 23.7 Å². The molecule has 1 heterocycles. The van der Waals surface area contributed by atoms with E-state index in [9.17, 15) is 14.7 Å². The number of carbonyl (C=O) groups excluding carboxylic acids is 1. The summed E-state index contributed by atoms with van der Waals surface area (Å²) < 4.78 is 5.32. The zero-order valence-electron chi connectivity index (χ0n) is 12.9. The van der Waals surface area contributed by atoms with Gasteiger partial charge in [-0.05, 0) is 39.3 Å². The first-order valence-electron chi connectivity index (χ1n) is 6.92. The van der Waals surface area contributed by atoms with Gasteiger partial charge >= 0.3 is 12.1 Å². The molecule has 0 aromatic carbocycles. The number of carboxylic acid groups (broad SMARTS) is 1. The van der Waals surface area contributed by atoms with Gasteiger partial charge in [-0.15, -0.1) is 0 Å². The lowest BCUT2D eigenvalue weighted by atomic mass is 10.1. The van der Waals surface area contributed by atoms with Crippen LogP contribution in [-0.4, -0.2) is 33.8 Å². The Morgan fingerprint density at radius 3 is 2.48 bits per heavy atom. The number of anilines is 1. The Kier molecular flexibility index (Phi) is 5.69. The SMILES string of the molecule is CCCC(C(=O)O)N(C(=O)OC(C)(C)C)c1ccccn1. The fourth-order valence-electron chi connectivity index (χ4n) is 1.82. The van der Waals surface area contributed by atoms with E-state index in [1.165, 1.54) is 6.20 Å². The third-order valence-corrected chi connectivity index (χ3v) is 2.65. The number of aromatic nitrogens is 1. The van der Waals surface area contributed by atoms with Crippen LogP contribution >= 0.6 is 0 Å². The topological polar surface area (TPSA) is 79.7 Å². The summed E-state index contributed by atoms with van der Waals surface area (Å²) in [5.74, 6) is -0.805. The summed E-state index contributed by atoms with van der Waals surface area (Å²) in [4.78, 5) is 29.1. The second kappa shape index (κ2) is 7.06. The summed E-state index contributed by atoms with van der Waals surface area (Å²) in [5, 5.41) is 9.41. The van der Waals surface area contributed by atoms with Crippen molar-refractivity contribution in [1.82, 2.24) is 4.98 Å². The van der Waals surface area contributed by atoms with Crippen molar-refractivity contribution in [2.45, 2.75) is 52.2 Å². The second-order valence-electron chi connectivity index (χ2n) is 5.68. The molecular formula is C15H22N2O4. The lowest BCUT2D eigenvalue weighted by Gasteiger charge is -2.30. The molecule has 6 nitrogen and oxygen atoms in total. The first-order chi connectivity index (χ1) is 9.76. The highest BCUT2D eigenvalue weighted by Crippen LogP contribution is 2.21. The summed E-state index contributed by atoms with van der Waals surface area (Å²) in [5.41, 5.74) is -0.709. The molecule has 0 saturated heterocycles. The van der Waals surface area contributed by atoms with Gasteiger partial charge in [0.1, 0.15) is 17.5 Å². The van der Waals surface area contributed by atoms with Crippen LogP contribution in [0.5, 0.6) is 0 Å². The van der Waals surface area contributed by atoms with Crippen LogP contribution in [-0.2, 0) is 9.53 Å². The maximum atomic E-state index is 12.4. The number of hydrogen-bond donors (Lipinski definition) is 1. The molecule has 1 atom stereocenters. The summed E-state index contributed by atoms with van der Waals surface area (Å²) in [6, 6.07) is 3.99. The van der Waals surface area contributed by atoms with Crippen LogP contribution in [0.1, 0.15) is 40.5 Å². The number of carboxylic acids is 1. The Labute approximate surface area is 124 Å². The molecule has 0 aliphatic rings. The molecule has 0 aliphatic heterocycles. The zero-order chi connectivity index (χ0) is 16.0. The van der Waals surface area contributed by atoms with Crippen LogP contribution < -0.4 is 4.90 Å². The van der Waals surface area contributed by atoms with Gasteiger partial charge < -0.3 is 9.84 Å². The molecule has 0 spiro atoms. The normalized spacial score (nSPS) is 12.6. The van der Waals surface area contributed by atoms with Gasteiger partial charge in [0.15, 0.2) is 0 Å². The smallest absolute Gasteiger partial charge is 0.416 e. The molecule has 116 valence electrons. The van der Waals surface area contributed by atoms with E-state index in [1.807, 2.05) is 6.92 Å². The Morgan fingerprint density at radius 2 is 2.05 bits per heavy atom. The summed E-state index contributed by atoms with van der Waals surface area (Å²) >= 11 is 0. The minimum Gasteiger partial charge on any atom is -0.480 e. The maximum Gasteiger partial charge on any atom is 0.416 e. The number of carbonyl (C=O) groups is 2. The molecule has 1 aromatic rings. The van der Waals surface area contributed by atoms with Gasteiger partial charge in [-0.2, -0.15) is 0 Å². The number of pyridine rings is 1. The molecule has 1 unspecified atom stereocenters. The molecule has 6 heteroatoms. The number of ether oxygens (including phenoxy) is 1. The monoisotopic (exact) mass is 294 g/mol. The highest BCUT2D eigenvalue weighted by atomic mass is 16.6. The molecule has 0 aliphatic carbocycles. The van der Waals surface area contributed by atoms with Crippen LogP contribution in [0.4, 0.5) is 10.6 Å². The van der Waals surface area contributed by atoms with Gasteiger partial charge in [-0.3, -0.25) is 0 Å². The highest BCUT2D eigenvalue weighted by molar-refractivity contribution is 5.94. The van der Waals surface area contributed by atoms with Crippen LogP contribution in [0.3, 0.4) is 0 Å². The van der Waals surface area contributed by atoms with Crippen molar-refractivity contribution in [3.05, 3.63) is 24.4 Å². The average molecular weight is 294 g/mol. The lowest BCUT2D eigenvalue weighted by molar-refractivity contribution is -0.138. The lowest BCUT2D eigenvalue weighted by Crippen LogP contribution is -2.48. The quantitative estimate of drug-likeness (QED) is 0.902. The molecule has 0 saturated carbocycles. The van der Waals surface area contributed by atoms with Crippen LogP contribution in [0.15, 0.2) is 24.4 Å². The van der Waals surface area contributed by atoms with Crippen molar-refractivity contribution in [3.8, 4) is 0 Å². The van der Waals surface area contributed by atoms with Crippen LogP contribution in [0.25, 0.3) is 0 Å². The molecule has 0 radical (unpaired) electrons. The van der Waals surface area contributed by atoms with E-state index in [0.717, 1.165) is 4.90 Å². The van der Waals surface area contributed by atoms with Crippen molar-refractivity contribution >= 4 is 17.9 Å². The molecule has 0 bridgehead atoms. The van der Waals surface area contributed by atoms with Crippen LogP contribution in [0, 0.1) is 0 Å². The highest BCUT2D eigenvalue weighted by Gasteiger charge is 2.34. The fraction of sp³-hybridized carbons (Fsp3) is 0.533. The largest absolute Gasteiger partial charge is 0.480 e. The Morgan fingerprint density at radius 1 is 1.38 bits per heavy atom. The minimum absolute atomic E-state index is 0.271. The Balaban J connectivity index is 3.16. The van der Waals surface area contributed by atoms with Gasteiger partial charge in [-0.25, -0.2) is 19.5 Å². The van der Waals surface area contributed by atoms with Crippen molar-refractivity contribution in [2.75, 3.05) is 4.90 Å². The van der Waals surface area contributed by atoms with Gasteiger partial charge in [0.2, 0.25) is 0 Å². The molecule has 21 heavy (non-hydrogen) atoms. The van der Waals surface area contributed by atoms with Gasteiger partial charge in [-0.1, -0.05) is 19.4 Å². The van der Waals surface area contributed by atoms with Crippen LogP contribution in [0.2, 0.25) is 0 Å². The first kappa shape index (κ1) is 16.9. The number of rotatable bonds is 5. The summed E-state index contributed by atoms with van der Waals surface area (Å²) in [7, 11) is 0. The standard InChI is InChI=1S/C15H22N2O4/c1-5-8-11(13(18)19)17(12-9-6-7-10-16-12)14(20)21-15(2,3)4/h6-7,9-11H,5,8H2,1-4H3,(H,18,19). The molecular weight excluding hydrogens is 272 g/mol. The zero-order valence-corrected chi connectivity index (χ0v) is 12.9. The first-order valence-corrected chi connectivity index (χ1v) is 6.92. The minimum atomic E-state index is -1.08. The van der Waals surface area contributed by atoms with Crippen molar-refractivity contribution in [3.63, 3.8) is 0 Å². The van der Waals surface area contributed by atoms with E-state index in [0.29, 0.717) is 12.8 Å². The molecule has 1 N–H and O–H groups in total. The maximum absolute atomic E-state index is 12.4. The Bertz CT molecular complexity index is 482. The Hall–Kier alpha value is -2.11. The van der Waals surface area contributed by atoms with E-state index >= 15 is 0 Å². The van der Waals surface area contributed by atoms with E-state index in [4.69, 9.17) is 4.74 Å². The number of hydrogen-bond acceptors (Lipinski definition) is 4. The third kappa shape index (κ3) is 5.06. The van der Waals surface area contributed by atoms with Crippen molar-refractivity contribution in [1.29, 1.82) is 0 Å². The van der Waals surface area contributed by atoms with E-state index in [1.54, 1.807) is 39.0 Å². The predicted molar refractivity (Wildman–Crippen MR) is 79.3 cm³/mol. The van der Waals surface area contributed by atoms with Crippen molar-refractivity contribution < 1.29 is 19.4 Å². The van der Waals surface area contributed by atoms with Gasteiger partial charge in [0.25, 0.3) is 0 Å². The fourth-order valence-corrected chi connectivity index (χ4v) is 1.82. The number of amides is 1. The molecule has 1 aromatic heterocycles. The van der Waals surface area contributed by atoms with E-state index in [2.05, 4.69) is 4.98 Å². The van der Waals surface area contributed by atoms with Crippen molar-refractivity contribution in [2.24, 2.45) is 0 Å². The third-order valence-electron chi connectivity index (χ3n) is 2.65. The molecule has 0 fully saturated rings. The molecule has 1 rings (SSSR count). The summed E-state index contributed by atoms with van der Waals surface area (Å²) in [6.45, 7) is 7.06. The number of nitrogens with zero attached hydrogens (tertiary/aromatic N) is 2. The van der Waals surface area contributed by atoms with E-state index in [-0.39, 0.29) is 5.82 Å². The molecule has 1 amide bonds. The summed E-state index contributed by atoms with van der Waals surface area (Å²) in [6.07, 6.45) is 1.76.